The second kappa shape index (κ2) is 15.1. The first-order valence-corrected chi connectivity index (χ1v) is 13.9. The molecule has 0 radical (unpaired) electrons. The molecule has 1 fully saturated rings. The van der Waals surface area contributed by atoms with Gasteiger partial charge in [-0.3, -0.25) is 39.4 Å². The number of thioether (sulfide) groups is 1. The first-order chi connectivity index (χ1) is 20.8. The third kappa shape index (κ3) is 9.11. The molecule has 5 atom stereocenters. The van der Waals surface area contributed by atoms with Gasteiger partial charge in [-0.25, -0.2) is 0 Å². The molecule has 0 aliphatic carbocycles. The molecule has 1 saturated heterocycles. The van der Waals surface area contributed by atoms with E-state index in [-0.39, 0.29) is 17.1 Å². The second-order valence-corrected chi connectivity index (χ2v) is 10.5. The molecular formula is C27H29N3O13S. The number of anilines is 1. The number of hydrogen-bond acceptors (Lipinski definition) is 15. The van der Waals surface area contributed by atoms with Gasteiger partial charge in [-0.2, -0.15) is 0 Å². The Bertz CT molecular complexity index is 1420. The summed E-state index contributed by atoms with van der Waals surface area (Å²) in [5, 5.41) is 26.8. The first-order valence-electron chi connectivity index (χ1n) is 13.0. The van der Waals surface area contributed by atoms with Crippen LogP contribution in [0, 0.1) is 20.2 Å². The molecular weight excluding hydrogens is 606 g/mol. The summed E-state index contributed by atoms with van der Waals surface area (Å²) in [5.74, 6) is -3.25. The summed E-state index contributed by atoms with van der Waals surface area (Å²) in [5.41, 5.74) is -1.91. The number of benzene rings is 2. The van der Waals surface area contributed by atoms with E-state index >= 15 is 0 Å². The minimum atomic E-state index is -1.50. The van der Waals surface area contributed by atoms with Crippen molar-refractivity contribution in [1.29, 1.82) is 0 Å². The smallest absolute Gasteiger partial charge is 0.303 e. The minimum Gasteiger partial charge on any atom is -0.463 e. The molecule has 0 spiro atoms. The molecule has 1 aliphatic rings. The molecule has 236 valence electrons. The summed E-state index contributed by atoms with van der Waals surface area (Å²) < 4.78 is 27.2. The highest BCUT2D eigenvalue weighted by atomic mass is 32.2. The van der Waals surface area contributed by atoms with Crippen molar-refractivity contribution in [2.75, 3.05) is 11.9 Å². The highest BCUT2D eigenvalue weighted by Gasteiger charge is 2.53. The van der Waals surface area contributed by atoms with Gasteiger partial charge in [0.1, 0.15) is 23.8 Å². The van der Waals surface area contributed by atoms with Crippen molar-refractivity contribution in [3.05, 3.63) is 68.3 Å². The molecule has 44 heavy (non-hydrogen) atoms. The number of ether oxygens (including phenoxy) is 5. The van der Waals surface area contributed by atoms with Crippen LogP contribution in [0.2, 0.25) is 0 Å². The van der Waals surface area contributed by atoms with Gasteiger partial charge in [0.15, 0.2) is 18.3 Å². The topological polar surface area (TPSA) is 213 Å². The molecule has 1 aliphatic heterocycles. The Morgan fingerprint density at radius 3 is 1.93 bits per heavy atom. The van der Waals surface area contributed by atoms with Gasteiger partial charge in [-0.15, -0.1) is 0 Å². The van der Waals surface area contributed by atoms with E-state index in [0.29, 0.717) is 11.8 Å². The van der Waals surface area contributed by atoms with Gasteiger partial charge in [0.2, 0.25) is 0 Å². The maximum Gasteiger partial charge on any atom is 0.303 e. The number of nitrogens with one attached hydrogen (secondary N) is 1. The monoisotopic (exact) mass is 635 g/mol. The van der Waals surface area contributed by atoms with Gasteiger partial charge in [0.05, 0.1) is 20.8 Å². The molecule has 0 amide bonds. The Morgan fingerprint density at radius 1 is 0.818 bits per heavy atom. The van der Waals surface area contributed by atoms with E-state index in [4.69, 9.17) is 23.7 Å². The largest absolute Gasteiger partial charge is 0.463 e. The fraction of sp³-hybridized carbons (Fsp3) is 0.407. The van der Waals surface area contributed by atoms with Crippen LogP contribution in [0.15, 0.2) is 47.4 Å². The van der Waals surface area contributed by atoms with Crippen molar-refractivity contribution in [3.63, 3.8) is 0 Å². The van der Waals surface area contributed by atoms with E-state index in [0.717, 1.165) is 39.3 Å². The van der Waals surface area contributed by atoms with Crippen LogP contribution < -0.4 is 5.32 Å². The van der Waals surface area contributed by atoms with Crippen molar-refractivity contribution in [2.45, 2.75) is 69.0 Å². The lowest BCUT2D eigenvalue weighted by Crippen LogP contribution is -2.61. The van der Waals surface area contributed by atoms with E-state index in [1.807, 2.05) is 0 Å². The predicted molar refractivity (Wildman–Crippen MR) is 151 cm³/mol. The molecule has 1 N–H and O–H groups in total. The lowest BCUT2D eigenvalue weighted by atomic mass is 9.99. The molecule has 17 heteroatoms. The Labute approximate surface area is 254 Å². The van der Waals surface area contributed by atoms with E-state index < -0.39 is 81.6 Å². The SMILES string of the molecule is CC(=O)OC[C@H]1O[C@@H](Sc2cc(NCc3ccccc3)c([N+](=O)[O-])cc2[N+](=O)[O-])[C@H](OC(C)=O)[C@@H](OC(C)=O)[C@H]1OC(C)=O. The summed E-state index contributed by atoms with van der Waals surface area (Å²) >= 11 is 0.640. The maximum absolute atomic E-state index is 12.1. The number of nitro benzene ring substituents is 2. The van der Waals surface area contributed by atoms with Crippen LogP contribution in [-0.4, -0.2) is 70.2 Å². The van der Waals surface area contributed by atoms with E-state index in [2.05, 4.69) is 5.32 Å². The Hall–Kier alpha value is -4.77. The van der Waals surface area contributed by atoms with Crippen LogP contribution in [0.5, 0.6) is 0 Å². The fourth-order valence-corrected chi connectivity index (χ4v) is 5.52. The standard InChI is InChI=1S/C27H29N3O13S/c1-14(31)39-13-22-24(40-15(2)32)25(41-16(3)33)26(42-17(4)34)27(43-22)44-23-10-19(28-12-18-8-6-5-7-9-18)20(29(35)36)11-21(23)30(37)38/h5-11,22,24-28H,12-13H2,1-4H3/t22-,24+,25+,26-,27+/m1/s1. The lowest BCUT2D eigenvalue weighted by molar-refractivity contribution is -0.395. The predicted octanol–water partition coefficient (Wildman–Crippen LogP) is 3.29. The van der Waals surface area contributed by atoms with Gasteiger partial charge in [-0.1, -0.05) is 42.1 Å². The highest BCUT2D eigenvalue weighted by Crippen LogP contribution is 2.44. The number of nitrogens with zero attached hydrogens (tertiary/aromatic N) is 2. The molecule has 0 saturated carbocycles. The normalized spacial score (nSPS) is 21.0. The van der Waals surface area contributed by atoms with Crippen LogP contribution in [-0.2, 0) is 49.4 Å². The molecule has 0 aromatic heterocycles. The Kier molecular flexibility index (Phi) is 11.6. The van der Waals surface area contributed by atoms with Gasteiger partial charge >= 0.3 is 23.9 Å². The maximum atomic E-state index is 12.1. The van der Waals surface area contributed by atoms with E-state index in [1.54, 1.807) is 30.3 Å². The third-order valence-electron chi connectivity index (χ3n) is 5.99. The average molecular weight is 636 g/mol. The van der Waals surface area contributed by atoms with Crippen molar-refractivity contribution >= 4 is 52.7 Å². The zero-order valence-corrected chi connectivity index (χ0v) is 24.8. The van der Waals surface area contributed by atoms with E-state index in [1.165, 1.54) is 6.07 Å². The van der Waals surface area contributed by atoms with E-state index in [9.17, 15) is 39.4 Å². The van der Waals surface area contributed by atoms with Crippen molar-refractivity contribution in [3.8, 4) is 0 Å². The molecule has 16 nitrogen and oxygen atoms in total. The second-order valence-electron chi connectivity index (χ2n) is 9.38. The summed E-state index contributed by atoms with van der Waals surface area (Å²) in [6.07, 6.45) is -5.72. The molecule has 2 aromatic carbocycles. The number of esters is 4. The Balaban J connectivity index is 2.11. The number of nitro groups is 2. The quantitative estimate of drug-likeness (QED) is 0.153. The molecule has 0 unspecified atom stereocenters. The Morgan fingerprint density at radius 2 is 1.39 bits per heavy atom. The number of rotatable bonds is 12. The number of hydrogen-bond donors (Lipinski definition) is 1. The van der Waals surface area contributed by atoms with Gasteiger partial charge < -0.3 is 29.0 Å². The van der Waals surface area contributed by atoms with Crippen LogP contribution in [0.25, 0.3) is 0 Å². The summed E-state index contributed by atoms with van der Waals surface area (Å²) in [4.78, 5) is 69.9. The summed E-state index contributed by atoms with van der Waals surface area (Å²) in [6, 6.07) is 10.8. The van der Waals surface area contributed by atoms with Crippen molar-refractivity contribution in [2.24, 2.45) is 0 Å². The molecule has 3 rings (SSSR count). The first kappa shape index (κ1) is 33.7. The average Bonchev–Trinajstić information content (AvgIpc) is 2.93. The number of carbonyl (C=O) groups excluding carboxylic acids is 4. The summed E-state index contributed by atoms with van der Waals surface area (Å²) in [7, 11) is 0. The van der Waals surface area contributed by atoms with Crippen molar-refractivity contribution in [1.82, 2.24) is 0 Å². The van der Waals surface area contributed by atoms with Crippen LogP contribution in [0.4, 0.5) is 17.1 Å². The van der Waals surface area contributed by atoms with Crippen LogP contribution in [0.3, 0.4) is 0 Å². The zero-order chi connectivity index (χ0) is 32.6. The van der Waals surface area contributed by atoms with Crippen molar-refractivity contribution < 1.29 is 52.7 Å². The summed E-state index contributed by atoms with van der Waals surface area (Å²) in [6.45, 7) is 3.94. The van der Waals surface area contributed by atoms with Gasteiger partial charge in [-0.05, 0) is 11.6 Å². The third-order valence-corrected chi connectivity index (χ3v) is 7.18. The van der Waals surface area contributed by atoms with Gasteiger partial charge in [0, 0.05) is 34.2 Å². The molecule has 1 heterocycles. The number of carbonyl (C=O) groups is 4. The van der Waals surface area contributed by atoms with Gasteiger partial charge in [0.25, 0.3) is 11.4 Å². The molecule has 0 bridgehead atoms. The zero-order valence-electron chi connectivity index (χ0n) is 24.0. The highest BCUT2D eigenvalue weighted by molar-refractivity contribution is 8.00. The lowest BCUT2D eigenvalue weighted by Gasteiger charge is -2.44. The molecule has 2 aromatic rings. The fourth-order valence-electron chi connectivity index (χ4n) is 4.29. The van der Waals surface area contributed by atoms with Crippen LogP contribution >= 0.6 is 11.8 Å². The van der Waals surface area contributed by atoms with Crippen LogP contribution in [0.1, 0.15) is 33.3 Å². The minimum absolute atomic E-state index is 0.0578.